The van der Waals surface area contributed by atoms with Crippen LogP contribution in [0.3, 0.4) is 0 Å². The number of Topliss-reactive ketones (excluding diaryl/α,β-unsaturated/α-hetero) is 1. The van der Waals surface area contributed by atoms with Crippen molar-refractivity contribution in [2.45, 2.75) is 26.7 Å². The lowest BCUT2D eigenvalue weighted by atomic mass is 9.82. The van der Waals surface area contributed by atoms with Crippen LogP contribution in [0.5, 0.6) is 0 Å². The second kappa shape index (κ2) is 5.57. The first-order valence-corrected chi connectivity index (χ1v) is 5.50. The molecule has 0 saturated heterocycles. The van der Waals surface area contributed by atoms with E-state index in [1.54, 1.807) is 24.4 Å². The van der Waals surface area contributed by atoms with Gasteiger partial charge in [0.25, 0.3) is 0 Å². The molecule has 0 saturated carbocycles. The maximum atomic E-state index is 12.2. The number of rotatable bonds is 5. The molecule has 1 aromatic rings. The lowest BCUT2D eigenvalue weighted by Crippen LogP contribution is -2.26. The number of esters is 1. The number of ketones is 1. The van der Waals surface area contributed by atoms with Crippen LogP contribution in [0.1, 0.15) is 37.2 Å². The van der Waals surface area contributed by atoms with Gasteiger partial charge in [-0.05, 0) is 18.6 Å². The fraction of sp³-hybridized carbons (Fsp3) is 0.462. The first kappa shape index (κ1) is 13.4. The zero-order valence-electron chi connectivity index (χ0n) is 10.4. The maximum absolute atomic E-state index is 12.2. The fourth-order valence-corrected chi connectivity index (χ4v) is 1.47. The topological polar surface area (TPSA) is 56.3 Å². The van der Waals surface area contributed by atoms with Crippen LogP contribution in [-0.4, -0.2) is 23.8 Å². The molecular formula is C13H17NO3. The predicted octanol–water partition coefficient (Wildman–Crippen LogP) is 2.24. The van der Waals surface area contributed by atoms with Crippen molar-refractivity contribution in [3.63, 3.8) is 0 Å². The van der Waals surface area contributed by atoms with Crippen molar-refractivity contribution in [2.75, 3.05) is 7.11 Å². The van der Waals surface area contributed by atoms with E-state index in [1.807, 2.05) is 13.8 Å². The van der Waals surface area contributed by atoms with Gasteiger partial charge in [0.1, 0.15) is 5.69 Å². The minimum atomic E-state index is -0.609. The number of pyridine rings is 1. The summed E-state index contributed by atoms with van der Waals surface area (Å²) in [5.74, 6) is -0.353. The van der Waals surface area contributed by atoms with Crippen LogP contribution in [0.2, 0.25) is 0 Å². The van der Waals surface area contributed by atoms with Gasteiger partial charge in [0, 0.05) is 18.0 Å². The summed E-state index contributed by atoms with van der Waals surface area (Å²) in [6.45, 7) is 3.62. The third-order valence-electron chi connectivity index (χ3n) is 2.69. The monoisotopic (exact) mass is 235 g/mol. The highest BCUT2D eigenvalue weighted by atomic mass is 16.5. The Kier molecular flexibility index (Phi) is 4.37. The molecule has 0 radical (unpaired) electrons. The molecule has 4 heteroatoms. The molecule has 0 aromatic carbocycles. The Labute approximate surface area is 101 Å². The molecule has 1 aromatic heterocycles. The van der Waals surface area contributed by atoms with Crippen molar-refractivity contribution in [3.8, 4) is 0 Å². The van der Waals surface area contributed by atoms with E-state index in [9.17, 15) is 9.59 Å². The molecule has 0 aliphatic heterocycles. The van der Waals surface area contributed by atoms with Crippen LogP contribution < -0.4 is 0 Å². The van der Waals surface area contributed by atoms with Crippen molar-refractivity contribution in [3.05, 3.63) is 30.1 Å². The molecule has 0 amide bonds. The second-order valence-corrected chi connectivity index (χ2v) is 4.50. The van der Waals surface area contributed by atoms with Crippen molar-refractivity contribution in [1.82, 2.24) is 4.98 Å². The van der Waals surface area contributed by atoms with E-state index in [0.29, 0.717) is 12.1 Å². The molecule has 0 unspecified atom stereocenters. The van der Waals surface area contributed by atoms with Crippen LogP contribution in [0.15, 0.2) is 24.4 Å². The smallest absolute Gasteiger partial charge is 0.305 e. The van der Waals surface area contributed by atoms with Gasteiger partial charge < -0.3 is 4.74 Å². The highest BCUT2D eigenvalue weighted by Gasteiger charge is 2.30. The van der Waals surface area contributed by atoms with Crippen molar-refractivity contribution >= 4 is 11.8 Å². The summed E-state index contributed by atoms with van der Waals surface area (Å²) in [6, 6.07) is 5.22. The van der Waals surface area contributed by atoms with Crippen molar-refractivity contribution in [2.24, 2.45) is 5.41 Å². The third-order valence-corrected chi connectivity index (χ3v) is 2.69. The second-order valence-electron chi connectivity index (χ2n) is 4.50. The number of ether oxygens (including phenoxy) is 1. The maximum Gasteiger partial charge on any atom is 0.305 e. The number of carbonyl (C=O) groups excluding carboxylic acids is 2. The number of hydrogen-bond acceptors (Lipinski definition) is 4. The number of aromatic nitrogens is 1. The summed E-state index contributed by atoms with van der Waals surface area (Å²) in [6.07, 6.45) is 2.28. The van der Waals surface area contributed by atoms with Gasteiger partial charge in [0.2, 0.25) is 0 Å². The van der Waals surface area contributed by atoms with Gasteiger partial charge in [-0.2, -0.15) is 0 Å². The molecule has 0 bridgehead atoms. The molecule has 0 aliphatic carbocycles. The SMILES string of the molecule is COC(=O)CCC(C)(C)C(=O)c1ccccn1. The van der Waals surface area contributed by atoms with Gasteiger partial charge in [-0.3, -0.25) is 14.6 Å². The van der Waals surface area contributed by atoms with E-state index < -0.39 is 5.41 Å². The van der Waals surface area contributed by atoms with Gasteiger partial charge in [-0.15, -0.1) is 0 Å². The minimum Gasteiger partial charge on any atom is -0.469 e. The molecule has 1 heterocycles. The number of methoxy groups -OCH3 is 1. The minimum absolute atomic E-state index is 0.0537. The average molecular weight is 235 g/mol. The third kappa shape index (κ3) is 3.66. The molecule has 92 valence electrons. The number of nitrogens with zero attached hydrogens (tertiary/aromatic N) is 1. The molecule has 17 heavy (non-hydrogen) atoms. The van der Waals surface area contributed by atoms with Crippen LogP contribution in [0.25, 0.3) is 0 Å². The van der Waals surface area contributed by atoms with Crippen LogP contribution in [0, 0.1) is 5.41 Å². The normalized spacial score (nSPS) is 11.0. The molecule has 0 spiro atoms. The Morgan fingerprint density at radius 3 is 2.59 bits per heavy atom. The highest BCUT2D eigenvalue weighted by molar-refractivity contribution is 5.98. The summed E-state index contributed by atoms with van der Waals surface area (Å²) in [7, 11) is 1.34. The Morgan fingerprint density at radius 2 is 2.06 bits per heavy atom. The van der Waals surface area contributed by atoms with Crippen LogP contribution >= 0.6 is 0 Å². The Balaban J connectivity index is 2.70. The molecule has 0 atom stereocenters. The van der Waals surface area contributed by atoms with E-state index in [4.69, 9.17) is 0 Å². The standard InChI is InChI=1S/C13H17NO3/c1-13(2,8-7-11(15)17-3)12(16)10-6-4-5-9-14-10/h4-6,9H,7-8H2,1-3H3. The van der Waals surface area contributed by atoms with Gasteiger partial charge in [0.05, 0.1) is 7.11 Å². The average Bonchev–Trinajstić information content (AvgIpc) is 2.36. The Morgan fingerprint density at radius 1 is 1.35 bits per heavy atom. The summed E-state index contributed by atoms with van der Waals surface area (Å²) >= 11 is 0. The summed E-state index contributed by atoms with van der Waals surface area (Å²) in [4.78, 5) is 27.2. The van der Waals surface area contributed by atoms with Gasteiger partial charge in [-0.25, -0.2) is 0 Å². The van der Waals surface area contributed by atoms with E-state index in [0.717, 1.165) is 0 Å². The predicted molar refractivity (Wildman–Crippen MR) is 63.6 cm³/mol. The highest BCUT2D eigenvalue weighted by Crippen LogP contribution is 2.26. The first-order chi connectivity index (χ1) is 7.97. The summed E-state index contributed by atoms with van der Waals surface area (Å²) in [5.41, 5.74) is -0.176. The zero-order chi connectivity index (χ0) is 12.9. The van der Waals surface area contributed by atoms with E-state index in [-0.39, 0.29) is 18.2 Å². The number of carbonyl (C=O) groups is 2. The van der Waals surface area contributed by atoms with E-state index in [1.165, 1.54) is 7.11 Å². The Hall–Kier alpha value is -1.71. The zero-order valence-corrected chi connectivity index (χ0v) is 10.4. The van der Waals surface area contributed by atoms with Crippen molar-refractivity contribution < 1.29 is 14.3 Å². The van der Waals surface area contributed by atoms with Gasteiger partial charge >= 0.3 is 5.97 Å². The molecule has 0 fully saturated rings. The Bertz CT molecular complexity index is 398. The number of hydrogen-bond donors (Lipinski definition) is 0. The molecule has 4 nitrogen and oxygen atoms in total. The lowest BCUT2D eigenvalue weighted by Gasteiger charge is -2.21. The fourth-order valence-electron chi connectivity index (χ4n) is 1.47. The van der Waals surface area contributed by atoms with E-state index >= 15 is 0 Å². The molecule has 0 N–H and O–H groups in total. The first-order valence-electron chi connectivity index (χ1n) is 5.50. The van der Waals surface area contributed by atoms with Gasteiger partial charge in [0.15, 0.2) is 5.78 Å². The van der Waals surface area contributed by atoms with E-state index in [2.05, 4.69) is 9.72 Å². The molecule has 1 rings (SSSR count). The van der Waals surface area contributed by atoms with Crippen LogP contribution in [-0.2, 0) is 9.53 Å². The molecular weight excluding hydrogens is 218 g/mol. The summed E-state index contributed by atoms with van der Waals surface area (Å²) < 4.78 is 4.57. The molecule has 0 aliphatic rings. The summed E-state index contributed by atoms with van der Waals surface area (Å²) in [5, 5.41) is 0. The largest absolute Gasteiger partial charge is 0.469 e. The quantitative estimate of drug-likeness (QED) is 0.580. The van der Waals surface area contributed by atoms with Crippen LogP contribution in [0.4, 0.5) is 0 Å². The van der Waals surface area contributed by atoms with Crippen molar-refractivity contribution in [1.29, 1.82) is 0 Å². The van der Waals surface area contributed by atoms with Gasteiger partial charge in [-0.1, -0.05) is 19.9 Å². The lowest BCUT2D eigenvalue weighted by molar-refractivity contribution is -0.141.